The fourth-order valence-electron chi connectivity index (χ4n) is 1.77. The molecule has 9 N–H and O–H groups in total. The number of hydrogen-bond donors (Lipinski definition) is 7. The van der Waals surface area contributed by atoms with E-state index in [0.29, 0.717) is 0 Å². The van der Waals surface area contributed by atoms with E-state index in [1.54, 1.807) is 0 Å². The first-order chi connectivity index (χ1) is 11.6. The quantitative estimate of drug-likeness (QED) is 0.187. The van der Waals surface area contributed by atoms with Crippen molar-refractivity contribution < 1.29 is 39.3 Å². The number of carboxylic acid groups (broad SMARTS) is 3. The number of carbonyl (C=O) groups is 5. The molecule has 0 aliphatic rings. The summed E-state index contributed by atoms with van der Waals surface area (Å²) in [4.78, 5) is 56.0. The Hall–Kier alpha value is -2.73. The van der Waals surface area contributed by atoms with Gasteiger partial charge in [-0.3, -0.25) is 19.2 Å². The van der Waals surface area contributed by atoms with E-state index in [9.17, 15) is 24.0 Å². The van der Waals surface area contributed by atoms with Crippen molar-refractivity contribution in [1.29, 1.82) is 0 Å². The van der Waals surface area contributed by atoms with Crippen molar-refractivity contribution in [2.75, 3.05) is 6.54 Å². The molecule has 0 saturated carbocycles. The largest absolute Gasteiger partial charge is 0.481 e. The monoisotopic (exact) mass is 362 g/mol. The van der Waals surface area contributed by atoms with Gasteiger partial charge in [-0.05, 0) is 19.4 Å². The van der Waals surface area contributed by atoms with Gasteiger partial charge < -0.3 is 37.4 Å². The molecule has 0 saturated heterocycles. The van der Waals surface area contributed by atoms with E-state index in [0.717, 1.165) is 0 Å². The summed E-state index contributed by atoms with van der Waals surface area (Å²) in [6.07, 6.45) is -1.40. The topological polar surface area (TPSA) is 222 Å². The molecule has 0 aliphatic carbocycles. The van der Waals surface area contributed by atoms with Crippen molar-refractivity contribution in [2.45, 2.75) is 43.8 Å². The third-order valence-corrected chi connectivity index (χ3v) is 3.09. The molecule has 0 aromatic rings. The summed E-state index contributed by atoms with van der Waals surface area (Å²) in [5.41, 5.74) is 10.9. The average molecular weight is 362 g/mol. The van der Waals surface area contributed by atoms with Gasteiger partial charge in [0.25, 0.3) is 0 Å². The van der Waals surface area contributed by atoms with Gasteiger partial charge in [0.2, 0.25) is 11.8 Å². The lowest BCUT2D eigenvalue weighted by molar-refractivity contribution is -0.147. The molecule has 0 aliphatic heterocycles. The lowest BCUT2D eigenvalue weighted by Gasteiger charge is -2.22. The highest BCUT2D eigenvalue weighted by molar-refractivity contribution is 5.92. The van der Waals surface area contributed by atoms with E-state index in [1.165, 1.54) is 0 Å². The van der Waals surface area contributed by atoms with Crippen LogP contribution in [0.1, 0.15) is 25.7 Å². The highest BCUT2D eigenvalue weighted by atomic mass is 16.4. The first-order valence-electron chi connectivity index (χ1n) is 7.31. The summed E-state index contributed by atoms with van der Waals surface area (Å²) in [7, 11) is 0. The molecular weight excluding hydrogens is 340 g/mol. The molecule has 0 aromatic carbocycles. The molecule has 0 spiro atoms. The van der Waals surface area contributed by atoms with Gasteiger partial charge in [-0.25, -0.2) is 4.79 Å². The van der Waals surface area contributed by atoms with Crippen LogP contribution in [0.25, 0.3) is 0 Å². The van der Waals surface area contributed by atoms with Crippen LogP contribution in [0.15, 0.2) is 0 Å². The molecule has 12 nitrogen and oxygen atoms in total. The lowest BCUT2D eigenvalue weighted by Crippen LogP contribution is -2.55. The van der Waals surface area contributed by atoms with Crippen molar-refractivity contribution in [3.05, 3.63) is 0 Å². The second kappa shape index (κ2) is 10.9. The normalized spacial score (nSPS) is 14.0. The van der Waals surface area contributed by atoms with Crippen LogP contribution >= 0.6 is 0 Å². The number of nitrogens with one attached hydrogen (secondary N) is 2. The summed E-state index contributed by atoms with van der Waals surface area (Å²) in [5.74, 6) is -5.86. The van der Waals surface area contributed by atoms with Crippen molar-refractivity contribution in [2.24, 2.45) is 11.5 Å². The molecule has 0 fully saturated rings. The van der Waals surface area contributed by atoms with E-state index < -0.39 is 54.3 Å². The van der Waals surface area contributed by atoms with Crippen molar-refractivity contribution in [3.63, 3.8) is 0 Å². The van der Waals surface area contributed by atoms with Gasteiger partial charge in [0.1, 0.15) is 12.1 Å². The first kappa shape index (κ1) is 22.3. The molecule has 0 bridgehead atoms. The number of carboxylic acids is 3. The fraction of sp³-hybridized carbons (Fsp3) is 0.615. The zero-order chi connectivity index (χ0) is 19.6. The molecule has 142 valence electrons. The minimum atomic E-state index is -1.68. The second-order valence-corrected chi connectivity index (χ2v) is 5.17. The number of rotatable bonds is 12. The average Bonchev–Trinajstić information content (AvgIpc) is 2.50. The highest BCUT2D eigenvalue weighted by Gasteiger charge is 2.28. The first-order valence-corrected chi connectivity index (χ1v) is 7.31. The maximum absolute atomic E-state index is 12.1. The van der Waals surface area contributed by atoms with Crippen LogP contribution < -0.4 is 22.1 Å². The number of amides is 2. The zero-order valence-corrected chi connectivity index (χ0v) is 13.3. The van der Waals surface area contributed by atoms with Crippen LogP contribution in [-0.4, -0.2) is 69.7 Å². The molecule has 3 atom stereocenters. The van der Waals surface area contributed by atoms with E-state index in [1.807, 2.05) is 5.32 Å². The predicted octanol–water partition coefficient (Wildman–Crippen LogP) is -2.94. The minimum Gasteiger partial charge on any atom is -0.481 e. The van der Waals surface area contributed by atoms with E-state index in [2.05, 4.69) is 5.32 Å². The fourth-order valence-corrected chi connectivity index (χ4v) is 1.77. The zero-order valence-electron chi connectivity index (χ0n) is 13.3. The summed E-state index contributed by atoms with van der Waals surface area (Å²) >= 11 is 0. The van der Waals surface area contributed by atoms with Gasteiger partial charge in [0.05, 0.1) is 12.5 Å². The van der Waals surface area contributed by atoms with Gasteiger partial charge in [0, 0.05) is 6.42 Å². The molecule has 0 radical (unpaired) electrons. The molecule has 25 heavy (non-hydrogen) atoms. The third-order valence-electron chi connectivity index (χ3n) is 3.09. The van der Waals surface area contributed by atoms with E-state index in [-0.39, 0.29) is 25.8 Å². The highest BCUT2D eigenvalue weighted by Crippen LogP contribution is 2.00. The van der Waals surface area contributed by atoms with E-state index in [4.69, 9.17) is 26.8 Å². The number of hydrogen-bond acceptors (Lipinski definition) is 7. The van der Waals surface area contributed by atoms with Crippen LogP contribution in [0, 0.1) is 0 Å². The third kappa shape index (κ3) is 9.22. The summed E-state index contributed by atoms with van der Waals surface area (Å²) in [6, 6.07) is -4.09. The molecule has 12 heteroatoms. The molecular formula is C13H22N4O8. The second-order valence-electron chi connectivity index (χ2n) is 5.17. The Morgan fingerprint density at radius 1 is 0.840 bits per heavy atom. The summed E-state index contributed by atoms with van der Waals surface area (Å²) in [5, 5.41) is 30.4. The lowest BCUT2D eigenvalue weighted by atomic mass is 10.1. The standard InChI is InChI=1S/C13H22N4O8/c14-4-3-7(16-11(22)6(15)1-2-9(18)19)12(23)17-8(13(24)25)5-10(20)21/h6-8H,1-5,14-15H2,(H,16,22)(H,17,23)(H,18,19)(H,20,21)(H,24,25)/t6-,7-,8-/m0/s1. The van der Waals surface area contributed by atoms with Gasteiger partial charge in [-0.2, -0.15) is 0 Å². The summed E-state index contributed by atoms with van der Waals surface area (Å²) in [6.45, 7) is -0.0284. The van der Waals surface area contributed by atoms with Gasteiger partial charge in [0.15, 0.2) is 0 Å². The van der Waals surface area contributed by atoms with Crippen LogP contribution in [-0.2, 0) is 24.0 Å². The Morgan fingerprint density at radius 3 is 1.84 bits per heavy atom. The van der Waals surface area contributed by atoms with Crippen molar-refractivity contribution in [1.82, 2.24) is 10.6 Å². The SMILES string of the molecule is NCC[C@H](NC(=O)[C@@H](N)CCC(=O)O)C(=O)N[C@@H](CC(=O)O)C(=O)O. The van der Waals surface area contributed by atoms with Gasteiger partial charge in [-0.15, -0.1) is 0 Å². The Labute approximate surface area is 142 Å². The van der Waals surface area contributed by atoms with Crippen LogP contribution in [0.2, 0.25) is 0 Å². The van der Waals surface area contributed by atoms with Crippen LogP contribution in [0.5, 0.6) is 0 Å². The number of nitrogens with two attached hydrogens (primary N) is 2. The molecule has 0 heterocycles. The molecule has 0 unspecified atom stereocenters. The van der Waals surface area contributed by atoms with Gasteiger partial charge in [-0.1, -0.05) is 0 Å². The number of carbonyl (C=O) groups excluding carboxylic acids is 2. The molecule has 0 rings (SSSR count). The van der Waals surface area contributed by atoms with E-state index >= 15 is 0 Å². The maximum Gasteiger partial charge on any atom is 0.326 e. The van der Waals surface area contributed by atoms with Crippen molar-refractivity contribution >= 4 is 29.7 Å². The van der Waals surface area contributed by atoms with Crippen LogP contribution in [0.4, 0.5) is 0 Å². The Morgan fingerprint density at radius 2 is 1.40 bits per heavy atom. The minimum absolute atomic E-state index is 0.0284. The maximum atomic E-state index is 12.1. The molecule has 2 amide bonds. The summed E-state index contributed by atoms with van der Waals surface area (Å²) < 4.78 is 0. The van der Waals surface area contributed by atoms with Gasteiger partial charge >= 0.3 is 17.9 Å². The Balaban J connectivity index is 4.87. The van der Waals surface area contributed by atoms with Crippen LogP contribution in [0.3, 0.4) is 0 Å². The number of aliphatic carboxylic acids is 3. The van der Waals surface area contributed by atoms with Crippen molar-refractivity contribution in [3.8, 4) is 0 Å². The molecule has 0 aromatic heterocycles. The smallest absolute Gasteiger partial charge is 0.326 e. The predicted molar refractivity (Wildman–Crippen MR) is 82.3 cm³/mol. The Bertz CT molecular complexity index is 524. The Kier molecular flexibility index (Phi) is 9.74.